The zero-order valence-corrected chi connectivity index (χ0v) is 8.48. The molecule has 17 heavy (non-hydrogen) atoms. The second-order valence-electron chi connectivity index (χ2n) is 3.04. The standard InChI is InChI=1S/C10H8F3NO3/c11-10(12,13)7-17-9-4-2-1-3-8(9)5-6-14(15)16/h1-6H,7H2/b6-5+. The Bertz CT molecular complexity index is 429. The minimum atomic E-state index is -4.44. The molecule has 0 aliphatic heterocycles. The summed E-state index contributed by atoms with van der Waals surface area (Å²) in [7, 11) is 0. The number of benzene rings is 1. The molecule has 1 aromatic rings. The van der Waals surface area contributed by atoms with Crippen LogP contribution in [0.4, 0.5) is 13.2 Å². The van der Waals surface area contributed by atoms with Crippen LogP contribution in [0.3, 0.4) is 0 Å². The fourth-order valence-electron chi connectivity index (χ4n) is 1.05. The summed E-state index contributed by atoms with van der Waals surface area (Å²) >= 11 is 0. The van der Waals surface area contributed by atoms with Crippen LogP contribution in [0.2, 0.25) is 0 Å². The third-order valence-corrected chi connectivity index (χ3v) is 1.69. The van der Waals surface area contributed by atoms with Gasteiger partial charge in [0.15, 0.2) is 6.61 Å². The van der Waals surface area contributed by atoms with E-state index in [0.29, 0.717) is 6.20 Å². The molecule has 1 rings (SSSR count). The number of hydrogen-bond acceptors (Lipinski definition) is 3. The first kappa shape index (κ1) is 13.0. The van der Waals surface area contributed by atoms with Crippen molar-refractivity contribution in [2.75, 3.05) is 6.61 Å². The first-order valence-corrected chi connectivity index (χ1v) is 4.49. The van der Waals surface area contributed by atoms with E-state index in [4.69, 9.17) is 0 Å². The van der Waals surface area contributed by atoms with Crippen LogP contribution in [0.25, 0.3) is 6.08 Å². The number of ether oxygens (including phenoxy) is 1. The first-order valence-electron chi connectivity index (χ1n) is 4.49. The Kier molecular flexibility index (Phi) is 4.08. The monoisotopic (exact) mass is 247 g/mol. The van der Waals surface area contributed by atoms with Crippen LogP contribution < -0.4 is 4.74 Å². The van der Waals surface area contributed by atoms with Crippen molar-refractivity contribution < 1.29 is 22.8 Å². The smallest absolute Gasteiger partial charge is 0.422 e. The highest BCUT2D eigenvalue weighted by Crippen LogP contribution is 2.22. The van der Waals surface area contributed by atoms with Crippen LogP contribution in [0, 0.1) is 10.1 Å². The molecule has 92 valence electrons. The minimum absolute atomic E-state index is 0.0528. The van der Waals surface area contributed by atoms with E-state index in [9.17, 15) is 23.3 Å². The molecule has 1 aromatic carbocycles. The fraction of sp³-hybridized carbons (Fsp3) is 0.200. The molecular formula is C10H8F3NO3. The molecule has 0 bridgehead atoms. The Balaban J connectivity index is 2.81. The summed E-state index contributed by atoms with van der Waals surface area (Å²) < 4.78 is 40.3. The van der Waals surface area contributed by atoms with Gasteiger partial charge in [-0.1, -0.05) is 18.2 Å². The maximum absolute atomic E-state index is 11.9. The number of halogens is 3. The third kappa shape index (κ3) is 5.01. The summed E-state index contributed by atoms with van der Waals surface area (Å²) in [5.74, 6) is -0.0528. The van der Waals surface area contributed by atoms with Crippen molar-refractivity contribution in [3.05, 3.63) is 46.1 Å². The predicted octanol–water partition coefficient (Wildman–Crippen LogP) is 2.88. The van der Waals surface area contributed by atoms with E-state index in [0.717, 1.165) is 6.08 Å². The van der Waals surface area contributed by atoms with E-state index in [2.05, 4.69) is 4.74 Å². The van der Waals surface area contributed by atoms with Gasteiger partial charge in [0.1, 0.15) is 5.75 Å². The number of para-hydroxylation sites is 1. The lowest BCUT2D eigenvalue weighted by molar-refractivity contribution is -0.400. The summed E-state index contributed by atoms with van der Waals surface area (Å²) in [6, 6.07) is 5.76. The first-order chi connectivity index (χ1) is 7.88. The molecule has 0 spiro atoms. The van der Waals surface area contributed by atoms with E-state index in [1.165, 1.54) is 18.2 Å². The largest absolute Gasteiger partial charge is 0.483 e. The summed E-state index contributed by atoms with van der Waals surface area (Å²) in [5.41, 5.74) is 0.216. The maximum atomic E-state index is 11.9. The summed E-state index contributed by atoms with van der Waals surface area (Å²) in [5, 5.41) is 10.1. The molecule has 0 fully saturated rings. The molecule has 0 aromatic heterocycles. The molecule has 0 atom stereocenters. The second-order valence-corrected chi connectivity index (χ2v) is 3.04. The summed E-state index contributed by atoms with van der Waals surface area (Å²) in [6.45, 7) is -1.43. The van der Waals surface area contributed by atoms with Crippen LogP contribution in [0.15, 0.2) is 30.5 Å². The zero-order valence-electron chi connectivity index (χ0n) is 8.48. The lowest BCUT2D eigenvalue weighted by Crippen LogP contribution is -2.19. The van der Waals surface area contributed by atoms with Gasteiger partial charge < -0.3 is 4.74 Å². The lowest BCUT2D eigenvalue weighted by atomic mass is 10.2. The van der Waals surface area contributed by atoms with Crippen LogP contribution in [-0.2, 0) is 0 Å². The minimum Gasteiger partial charge on any atom is -0.483 e. The van der Waals surface area contributed by atoms with E-state index in [1.807, 2.05) is 0 Å². The van der Waals surface area contributed by atoms with Crippen molar-refractivity contribution in [2.45, 2.75) is 6.18 Å². The average molecular weight is 247 g/mol. The highest BCUT2D eigenvalue weighted by Gasteiger charge is 2.28. The van der Waals surface area contributed by atoms with Crippen molar-refractivity contribution in [2.24, 2.45) is 0 Å². The van der Waals surface area contributed by atoms with Gasteiger partial charge in [0.25, 0.3) is 0 Å². The van der Waals surface area contributed by atoms with E-state index < -0.39 is 17.7 Å². The Morgan fingerprint density at radius 3 is 2.59 bits per heavy atom. The molecule has 0 N–H and O–H groups in total. The van der Waals surface area contributed by atoms with Crippen molar-refractivity contribution in [1.82, 2.24) is 0 Å². The van der Waals surface area contributed by atoms with Crippen molar-refractivity contribution in [1.29, 1.82) is 0 Å². The number of nitro groups is 1. The second kappa shape index (κ2) is 5.33. The summed E-state index contributed by atoms with van der Waals surface area (Å²) in [6.07, 6.45) is -2.73. The molecule has 0 unspecified atom stereocenters. The average Bonchev–Trinajstić information content (AvgIpc) is 2.23. The molecule has 0 amide bonds. The van der Waals surface area contributed by atoms with E-state index >= 15 is 0 Å². The van der Waals surface area contributed by atoms with Gasteiger partial charge >= 0.3 is 6.18 Å². The molecule has 0 aliphatic rings. The highest BCUT2D eigenvalue weighted by atomic mass is 19.4. The molecular weight excluding hydrogens is 239 g/mol. The maximum Gasteiger partial charge on any atom is 0.422 e. The lowest BCUT2D eigenvalue weighted by Gasteiger charge is -2.10. The Hall–Kier alpha value is -2.05. The SMILES string of the molecule is O=[N+]([O-])/C=C/c1ccccc1OCC(F)(F)F. The van der Waals surface area contributed by atoms with Crippen LogP contribution in [-0.4, -0.2) is 17.7 Å². The molecule has 0 radical (unpaired) electrons. The van der Waals surface area contributed by atoms with Gasteiger partial charge in [-0.2, -0.15) is 13.2 Å². The van der Waals surface area contributed by atoms with E-state index in [-0.39, 0.29) is 11.3 Å². The molecule has 0 aliphatic carbocycles. The molecule has 0 saturated carbocycles. The Morgan fingerprint density at radius 2 is 2.00 bits per heavy atom. The normalized spacial score (nSPS) is 11.7. The quantitative estimate of drug-likeness (QED) is 0.607. The third-order valence-electron chi connectivity index (χ3n) is 1.69. The number of rotatable bonds is 4. The zero-order chi connectivity index (χ0) is 12.9. The Labute approximate surface area is 94.5 Å². The fourth-order valence-corrected chi connectivity index (χ4v) is 1.05. The topological polar surface area (TPSA) is 52.4 Å². The van der Waals surface area contributed by atoms with Crippen molar-refractivity contribution >= 4 is 6.08 Å². The van der Waals surface area contributed by atoms with Gasteiger partial charge in [0.05, 0.1) is 4.92 Å². The van der Waals surface area contributed by atoms with Gasteiger partial charge in [-0.15, -0.1) is 0 Å². The summed E-state index contributed by atoms with van der Waals surface area (Å²) in [4.78, 5) is 9.39. The predicted molar refractivity (Wildman–Crippen MR) is 54.0 cm³/mol. The van der Waals surface area contributed by atoms with Crippen molar-refractivity contribution in [3.63, 3.8) is 0 Å². The van der Waals surface area contributed by atoms with E-state index in [1.54, 1.807) is 6.07 Å². The number of alkyl halides is 3. The van der Waals surface area contributed by atoms with Gasteiger partial charge in [-0.05, 0) is 6.07 Å². The van der Waals surface area contributed by atoms with Gasteiger partial charge in [0, 0.05) is 11.6 Å². The molecule has 0 saturated heterocycles. The highest BCUT2D eigenvalue weighted by molar-refractivity contribution is 5.56. The van der Waals surface area contributed by atoms with Crippen molar-refractivity contribution in [3.8, 4) is 5.75 Å². The molecule has 4 nitrogen and oxygen atoms in total. The van der Waals surface area contributed by atoms with Crippen LogP contribution in [0.1, 0.15) is 5.56 Å². The van der Waals surface area contributed by atoms with Crippen LogP contribution >= 0.6 is 0 Å². The van der Waals surface area contributed by atoms with Gasteiger partial charge in [-0.3, -0.25) is 10.1 Å². The van der Waals surface area contributed by atoms with Crippen LogP contribution in [0.5, 0.6) is 5.75 Å². The number of hydrogen-bond donors (Lipinski definition) is 0. The molecule has 7 heteroatoms. The Morgan fingerprint density at radius 1 is 1.35 bits per heavy atom. The van der Waals surface area contributed by atoms with Gasteiger partial charge in [0.2, 0.25) is 6.20 Å². The molecule has 0 heterocycles. The van der Waals surface area contributed by atoms with Gasteiger partial charge in [-0.25, -0.2) is 0 Å². The number of nitrogens with zero attached hydrogens (tertiary/aromatic N) is 1.